The molecule has 0 radical (unpaired) electrons. The van der Waals surface area contributed by atoms with E-state index in [1.54, 1.807) is 13.8 Å². The van der Waals surface area contributed by atoms with Crippen molar-refractivity contribution < 1.29 is 34.7 Å². The molecule has 0 aromatic carbocycles. The van der Waals surface area contributed by atoms with Crippen LogP contribution in [0.1, 0.15) is 26.7 Å². The predicted molar refractivity (Wildman–Crippen MR) is 63.9 cm³/mol. The molecule has 6 atom stereocenters. The van der Waals surface area contributed by atoms with Crippen LogP contribution in [0.4, 0.5) is 0 Å². The highest BCUT2D eigenvalue weighted by atomic mass is 16.7. The number of carbonyl (C=O) groups is 1. The largest absolute Gasteiger partial charge is 0.465 e. The Labute approximate surface area is 111 Å². The third-order valence-corrected chi connectivity index (χ3v) is 3.60. The summed E-state index contributed by atoms with van der Waals surface area (Å²) >= 11 is 0. The summed E-state index contributed by atoms with van der Waals surface area (Å²) in [5, 5.41) is 39.6. The smallest absolute Gasteiger partial charge is 0.366 e. The SMILES string of the molecule is CC[C@@H](O)[C@@H](O)C1O[C@](O)(C(=O)OC)C[C@@H](O)[C@H]1C. The number of esters is 1. The Bertz CT molecular complexity index is 321. The molecule has 0 aliphatic carbocycles. The minimum atomic E-state index is -2.31. The molecular weight excluding hydrogens is 256 g/mol. The van der Waals surface area contributed by atoms with Gasteiger partial charge in [-0.2, -0.15) is 0 Å². The van der Waals surface area contributed by atoms with Gasteiger partial charge < -0.3 is 29.9 Å². The Morgan fingerprint density at radius 1 is 1.53 bits per heavy atom. The average Bonchev–Trinajstić information content (AvgIpc) is 2.40. The molecule has 19 heavy (non-hydrogen) atoms. The molecule has 1 aliphatic rings. The molecule has 112 valence electrons. The van der Waals surface area contributed by atoms with Gasteiger partial charge in [-0.3, -0.25) is 0 Å². The van der Waals surface area contributed by atoms with Gasteiger partial charge in [0.05, 0.1) is 25.4 Å². The molecule has 7 heteroatoms. The Hall–Kier alpha value is -0.730. The Morgan fingerprint density at radius 2 is 2.11 bits per heavy atom. The van der Waals surface area contributed by atoms with Crippen LogP contribution in [0.5, 0.6) is 0 Å². The normalized spacial score (nSPS) is 38.6. The summed E-state index contributed by atoms with van der Waals surface area (Å²) in [5.41, 5.74) is 0. The standard InChI is InChI=1S/C12H22O7/c1-4-7(13)9(15)10-6(2)8(14)5-12(17,19-10)11(16)18-3/h6-10,13-15,17H,4-5H2,1-3H3/t6-,7-,8-,9-,10?,12+/m1/s1. The molecule has 1 rings (SSSR count). The highest BCUT2D eigenvalue weighted by molar-refractivity contribution is 5.77. The summed E-state index contributed by atoms with van der Waals surface area (Å²) in [7, 11) is 1.08. The number of ether oxygens (including phenoxy) is 2. The number of hydrogen-bond acceptors (Lipinski definition) is 7. The summed E-state index contributed by atoms with van der Waals surface area (Å²) in [5.74, 6) is -3.89. The zero-order valence-corrected chi connectivity index (χ0v) is 11.3. The van der Waals surface area contributed by atoms with E-state index in [9.17, 15) is 25.2 Å². The minimum Gasteiger partial charge on any atom is -0.465 e. The van der Waals surface area contributed by atoms with E-state index in [4.69, 9.17) is 4.74 Å². The van der Waals surface area contributed by atoms with E-state index in [1.165, 1.54) is 0 Å². The fourth-order valence-corrected chi connectivity index (χ4v) is 2.20. The first-order chi connectivity index (χ1) is 8.76. The van der Waals surface area contributed by atoms with Crippen molar-refractivity contribution in [3.05, 3.63) is 0 Å². The van der Waals surface area contributed by atoms with Gasteiger partial charge in [0.1, 0.15) is 6.10 Å². The second-order valence-corrected chi connectivity index (χ2v) is 4.96. The van der Waals surface area contributed by atoms with E-state index < -0.39 is 42.1 Å². The lowest BCUT2D eigenvalue weighted by molar-refractivity contribution is -0.302. The van der Waals surface area contributed by atoms with E-state index in [0.717, 1.165) is 7.11 Å². The van der Waals surface area contributed by atoms with Gasteiger partial charge in [-0.25, -0.2) is 4.79 Å². The average molecular weight is 278 g/mol. The molecule has 1 saturated heterocycles. The fourth-order valence-electron chi connectivity index (χ4n) is 2.20. The van der Waals surface area contributed by atoms with Crippen molar-refractivity contribution in [2.24, 2.45) is 5.92 Å². The summed E-state index contributed by atoms with van der Waals surface area (Å²) in [4.78, 5) is 11.5. The molecule has 0 spiro atoms. The molecule has 4 N–H and O–H groups in total. The Balaban J connectivity index is 2.94. The maximum atomic E-state index is 11.5. The first-order valence-electron chi connectivity index (χ1n) is 6.29. The van der Waals surface area contributed by atoms with Crippen molar-refractivity contribution in [1.29, 1.82) is 0 Å². The zero-order chi connectivity index (χ0) is 14.8. The van der Waals surface area contributed by atoms with Crippen molar-refractivity contribution in [3.8, 4) is 0 Å². The van der Waals surface area contributed by atoms with Gasteiger partial charge in [-0.05, 0) is 6.42 Å². The van der Waals surface area contributed by atoms with Gasteiger partial charge in [-0.1, -0.05) is 13.8 Å². The van der Waals surface area contributed by atoms with Crippen LogP contribution in [0.3, 0.4) is 0 Å². The highest BCUT2D eigenvalue weighted by Crippen LogP contribution is 2.34. The first kappa shape index (κ1) is 16.3. The predicted octanol–water partition coefficient (Wildman–Crippen LogP) is -1.23. The Kier molecular flexibility index (Phi) is 5.28. The van der Waals surface area contributed by atoms with Gasteiger partial charge in [0.25, 0.3) is 5.79 Å². The van der Waals surface area contributed by atoms with Crippen molar-refractivity contribution in [2.75, 3.05) is 7.11 Å². The number of rotatable bonds is 4. The van der Waals surface area contributed by atoms with Gasteiger partial charge in [-0.15, -0.1) is 0 Å². The summed E-state index contributed by atoms with van der Waals surface area (Å²) in [6, 6.07) is 0. The van der Waals surface area contributed by atoms with E-state index in [0.29, 0.717) is 0 Å². The van der Waals surface area contributed by atoms with Crippen LogP contribution >= 0.6 is 0 Å². The lowest BCUT2D eigenvalue weighted by Gasteiger charge is -2.43. The number of methoxy groups -OCH3 is 1. The topological polar surface area (TPSA) is 116 Å². The summed E-state index contributed by atoms with van der Waals surface area (Å²) < 4.78 is 9.63. The summed E-state index contributed by atoms with van der Waals surface area (Å²) in [6.07, 6.45) is -4.57. The number of aliphatic hydroxyl groups excluding tert-OH is 3. The van der Waals surface area contributed by atoms with Crippen LogP contribution in [0, 0.1) is 5.92 Å². The third kappa shape index (κ3) is 3.24. The summed E-state index contributed by atoms with van der Waals surface area (Å²) in [6.45, 7) is 3.28. The molecule has 1 heterocycles. The van der Waals surface area contributed by atoms with Crippen LogP contribution in [-0.4, -0.2) is 63.7 Å². The van der Waals surface area contributed by atoms with Crippen molar-refractivity contribution >= 4 is 5.97 Å². The number of carbonyl (C=O) groups excluding carboxylic acids is 1. The zero-order valence-electron chi connectivity index (χ0n) is 11.3. The number of hydrogen-bond donors (Lipinski definition) is 4. The lowest BCUT2D eigenvalue weighted by atomic mass is 9.84. The molecular formula is C12H22O7. The number of aliphatic hydroxyl groups is 4. The molecule has 7 nitrogen and oxygen atoms in total. The third-order valence-electron chi connectivity index (χ3n) is 3.60. The van der Waals surface area contributed by atoms with E-state index in [1.807, 2.05) is 0 Å². The molecule has 0 aromatic heterocycles. The minimum absolute atomic E-state index is 0.278. The molecule has 0 bridgehead atoms. The molecule has 0 amide bonds. The molecule has 1 unspecified atom stereocenters. The van der Waals surface area contributed by atoms with Crippen molar-refractivity contribution in [2.45, 2.75) is 56.9 Å². The monoisotopic (exact) mass is 278 g/mol. The maximum absolute atomic E-state index is 11.5. The van der Waals surface area contributed by atoms with Gasteiger partial charge in [0, 0.05) is 12.3 Å². The Morgan fingerprint density at radius 3 is 2.58 bits per heavy atom. The van der Waals surface area contributed by atoms with Crippen LogP contribution in [0.25, 0.3) is 0 Å². The lowest BCUT2D eigenvalue weighted by Crippen LogP contribution is -2.60. The van der Waals surface area contributed by atoms with Crippen LogP contribution in [-0.2, 0) is 14.3 Å². The van der Waals surface area contributed by atoms with Gasteiger partial charge in [0.15, 0.2) is 0 Å². The quantitative estimate of drug-likeness (QED) is 0.475. The van der Waals surface area contributed by atoms with Crippen molar-refractivity contribution in [3.63, 3.8) is 0 Å². The van der Waals surface area contributed by atoms with E-state index in [-0.39, 0.29) is 12.8 Å². The second-order valence-electron chi connectivity index (χ2n) is 4.96. The molecule has 0 aromatic rings. The van der Waals surface area contributed by atoms with Crippen LogP contribution < -0.4 is 0 Å². The van der Waals surface area contributed by atoms with Gasteiger partial charge in [0.2, 0.25) is 0 Å². The molecule has 0 saturated carbocycles. The van der Waals surface area contributed by atoms with Crippen molar-refractivity contribution in [1.82, 2.24) is 0 Å². The van der Waals surface area contributed by atoms with Gasteiger partial charge >= 0.3 is 5.97 Å². The van der Waals surface area contributed by atoms with Crippen LogP contribution in [0.2, 0.25) is 0 Å². The van der Waals surface area contributed by atoms with E-state index in [2.05, 4.69) is 4.74 Å². The second kappa shape index (κ2) is 6.15. The fraction of sp³-hybridized carbons (Fsp3) is 0.917. The first-order valence-corrected chi connectivity index (χ1v) is 6.29. The van der Waals surface area contributed by atoms with Crippen LogP contribution in [0.15, 0.2) is 0 Å². The highest BCUT2D eigenvalue weighted by Gasteiger charge is 2.52. The molecule has 1 aliphatic heterocycles. The molecule has 1 fully saturated rings. The van der Waals surface area contributed by atoms with E-state index >= 15 is 0 Å². The maximum Gasteiger partial charge on any atom is 0.366 e.